The van der Waals surface area contributed by atoms with Crippen molar-refractivity contribution >= 4 is 17.0 Å². The lowest BCUT2D eigenvalue weighted by Crippen LogP contribution is -2.34. The van der Waals surface area contributed by atoms with E-state index in [0.29, 0.717) is 49.6 Å². The number of rotatable bonds is 3. The average molecular weight is 306 g/mol. The SMILES string of the molecule is Cn1ncc2c(=O)[nH]c(CN3CCNCC(C(=O)O)C3)nc21. The Morgan fingerprint density at radius 1 is 1.55 bits per heavy atom. The monoisotopic (exact) mass is 306 g/mol. The largest absolute Gasteiger partial charge is 0.481 e. The zero-order chi connectivity index (χ0) is 15.7. The first-order chi connectivity index (χ1) is 10.5. The Hall–Kier alpha value is -2.26. The maximum atomic E-state index is 12.0. The van der Waals surface area contributed by atoms with Crippen molar-refractivity contribution in [2.45, 2.75) is 6.54 Å². The van der Waals surface area contributed by atoms with Crippen LogP contribution in [0.25, 0.3) is 11.0 Å². The molecule has 0 bridgehead atoms. The summed E-state index contributed by atoms with van der Waals surface area (Å²) in [6.07, 6.45) is 1.49. The summed E-state index contributed by atoms with van der Waals surface area (Å²) in [5.74, 6) is -0.760. The van der Waals surface area contributed by atoms with Crippen molar-refractivity contribution in [1.82, 2.24) is 30.0 Å². The van der Waals surface area contributed by atoms with Crippen LogP contribution in [0.1, 0.15) is 5.82 Å². The van der Waals surface area contributed by atoms with Gasteiger partial charge in [0.1, 0.15) is 11.2 Å². The highest BCUT2D eigenvalue weighted by atomic mass is 16.4. The first kappa shape index (κ1) is 14.7. The fourth-order valence-corrected chi connectivity index (χ4v) is 2.65. The summed E-state index contributed by atoms with van der Waals surface area (Å²) in [5, 5.41) is 16.8. The number of fused-ring (bicyclic) bond motifs is 1. The Bertz CT molecular complexity index is 752. The van der Waals surface area contributed by atoms with Crippen LogP contribution in [-0.2, 0) is 18.4 Å². The van der Waals surface area contributed by atoms with Gasteiger partial charge >= 0.3 is 5.97 Å². The molecule has 2 aromatic rings. The summed E-state index contributed by atoms with van der Waals surface area (Å²) < 4.78 is 1.55. The molecular formula is C13H18N6O3. The third-order valence-corrected chi connectivity index (χ3v) is 3.85. The molecule has 1 aliphatic rings. The van der Waals surface area contributed by atoms with E-state index in [1.165, 1.54) is 6.20 Å². The molecule has 1 aliphatic heterocycles. The number of nitrogens with zero attached hydrogens (tertiary/aromatic N) is 4. The van der Waals surface area contributed by atoms with Gasteiger partial charge in [0.15, 0.2) is 5.65 Å². The van der Waals surface area contributed by atoms with Gasteiger partial charge in [0.25, 0.3) is 5.56 Å². The Kier molecular flexibility index (Phi) is 3.90. The van der Waals surface area contributed by atoms with Crippen molar-refractivity contribution in [3.05, 3.63) is 22.4 Å². The molecule has 3 rings (SSSR count). The standard InChI is InChI=1S/C13H18N6O3/c1-18-11-9(5-15-18)12(20)17-10(16-11)7-19-3-2-14-4-8(6-19)13(21)22/h5,8,14H,2-4,6-7H2,1H3,(H,21,22)(H,16,17,20). The van der Waals surface area contributed by atoms with Crippen molar-refractivity contribution in [1.29, 1.82) is 0 Å². The molecule has 0 aliphatic carbocycles. The summed E-state index contributed by atoms with van der Waals surface area (Å²) >= 11 is 0. The van der Waals surface area contributed by atoms with Gasteiger partial charge in [-0.25, -0.2) is 4.98 Å². The molecule has 1 atom stereocenters. The maximum Gasteiger partial charge on any atom is 0.309 e. The van der Waals surface area contributed by atoms with Crippen molar-refractivity contribution in [3.63, 3.8) is 0 Å². The third-order valence-electron chi connectivity index (χ3n) is 3.85. The third kappa shape index (κ3) is 2.85. The fraction of sp³-hybridized carbons (Fsp3) is 0.538. The van der Waals surface area contributed by atoms with Gasteiger partial charge in [-0.2, -0.15) is 5.10 Å². The molecule has 0 amide bonds. The van der Waals surface area contributed by atoms with Gasteiger partial charge in [0.05, 0.1) is 18.7 Å². The normalized spacial score (nSPS) is 20.1. The van der Waals surface area contributed by atoms with Crippen LogP contribution in [0.15, 0.2) is 11.0 Å². The van der Waals surface area contributed by atoms with E-state index in [1.807, 2.05) is 4.90 Å². The van der Waals surface area contributed by atoms with E-state index in [-0.39, 0.29) is 5.56 Å². The minimum Gasteiger partial charge on any atom is -0.481 e. The summed E-state index contributed by atoms with van der Waals surface area (Å²) in [5.41, 5.74) is 0.303. The lowest BCUT2D eigenvalue weighted by molar-refractivity contribution is -0.142. The Labute approximate surface area is 126 Å². The van der Waals surface area contributed by atoms with Crippen LogP contribution < -0.4 is 10.9 Å². The molecule has 1 saturated heterocycles. The predicted molar refractivity (Wildman–Crippen MR) is 78.4 cm³/mol. The number of hydrogen-bond donors (Lipinski definition) is 3. The molecule has 118 valence electrons. The van der Waals surface area contributed by atoms with Gasteiger partial charge in [-0.15, -0.1) is 0 Å². The van der Waals surface area contributed by atoms with Gasteiger partial charge in [0.2, 0.25) is 0 Å². The van der Waals surface area contributed by atoms with Crippen molar-refractivity contribution < 1.29 is 9.90 Å². The number of aliphatic carboxylic acids is 1. The summed E-state index contributed by atoms with van der Waals surface area (Å²) in [6.45, 7) is 2.70. The highest BCUT2D eigenvalue weighted by molar-refractivity contribution is 5.73. The quantitative estimate of drug-likeness (QED) is 0.649. The van der Waals surface area contributed by atoms with Gasteiger partial charge in [-0.05, 0) is 0 Å². The number of nitrogens with one attached hydrogen (secondary N) is 2. The van der Waals surface area contributed by atoms with E-state index in [1.54, 1.807) is 11.7 Å². The number of aromatic amines is 1. The van der Waals surface area contributed by atoms with Gasteiger partial charge in [0, 0.05) is 33.2 Å². The fourth-order valence-electron chi connectivity index (χ4n) is 2.65. The zero-order valence-corrected chi connectivity index (χ0v) is 12.2. The van der Waals surface area contributed by atoms with Crippen molar-refractivity contribution in [3.8, 4) is 0 Å². The minimum atomic E-state index is -0.817. The first-order valence-electron chi connectivity index (χ1n) is 7.11. The number of hydrogen-bond acceptors (Lipinski definition) is 6. The Balaban J connectivity index is 1.84. The number of aryl methyl sites for hydroxylation is 1. The molecule has 3 heterocycles. The van der Waals surface area contributed by atoms with Crippen molar-refractivity contribution in [2.24, 2.45) is 13.0 Å². The topological polar surface area (TPSA) is 116 Å². The van der Waals surface area contributed by atoms with Crippen LogP contribution >= 0.6 is 0 Å². The second-order valence-electron chi connectivity index (χ2n) is 5.49. The van der Waals surface area contributed by atoms with E-state index >= 15 is 0 Å². The second kappa shape index (κ2) is 5.85. The van der Waals surface area contributed by atoms with E-state index in [4.69, 9.17) is 0 Å². The first-order valence-corrected chi connectivity index (χ1v) is 7.11. The number of carboxylic acid groups (broad SMARTS) is 1. The smallest absolute Gasteiger partial charge is 0.309 e. The van der Waals surface area contributed by atoms with Crippen LogP contribution in [0, 0.1) is 5.92 Å². The van der Waals surface area contributed by atoms with Gasteiger partial charge < -0.3 is 15.4 Å². The van der Waals surface area contributed by atoms with Crippen LogP contribution in [0.2, 0.25) is 0 Å². The lowest BCUT2D eigenvalue weighted by atomic mass is 10.1. The van der Waals surface area contributed by atoms with Crippen LogP contribution in [-0.4, -0.2) is 61.9 Å². The Morgan fingerprint density at radius 3 is 3.14 bits per heavy atom. The summed E-state index contributed by atoms with van der Waals surface area (Å²) in [6, 6.07) is 0. The number of aromatic nitrogens is 4. The molecule has 2 aromatic heterocycles. The van der Waals surface area contributed by atoms with E-state index in [9.17, 15) is 14.7 Å². The molecule has 0 saturated carbocycles. The maximum absolute atomic E-state index is 12.0. The molecule has 9 nitrogen and oxygen atoms in total. The molecule has 22 heavy (non-hydrogen) atoms. The van der Waals surface area contributed by atoms with Crippen LogP contribution in [0.3, 0.4) is 0 Å². The molecule has 1 fully saturated rings. The van der Waals surface area contributed by atoms with Crippen LogP contribution in [0.4, 0.5) is 0 Å². The molecule has 1 unspecified atom stereocenters. The number of H-pyrrole nitrogens is 1. The van der Waals surface area contributed by atoms with Crippen LogP contribution in [0.5, 0.6) is 0 Å². The molecule has 0 aromatic carbocycles. The van der Waals surface area contributed by atoms with E-state index in [2.05, 4.69) is 20.4 Å². The lowest BCUT2D eigenvalue weighted by Gasteiger charge is -2.21. The second-order valence-corrected chi connectivity index (χ2v) is 5.49. The average Bonchev–Trinajstić information content (AvgIpc) is 2.70. The minimum absolute atomic E-state index is 0.226. The Morgan fingerprint density at radius 2 is 2.36 bits per heavy atom. The summed E-state index contributed by atoms with van der Waals surface area (Å²) in [7, 11) is 1.73. The molecular weight excluding hydrogens is 288 g/mol. The highest BCUT2D eigenvalue weighted by Gasteiger charge is 2.24. The predicted octanol–water partition coefficient (Wildman–Crippen LogP) is -1.24. The van der Waals surface area contributed by atoms with E-state index < -0.39 is 11.9 Å². The zero-order valence-electron chi connectivity index (χ0n) is 12.2. The van der Waals surface area contributed by atoms with Crippen molar-refractivity contribution in [2.75, 3.05) is 26.2 Å². The summed E-state index contributed by atoms with van der Waals surface area (Å²) in [4.78, 5) is 32.4. The number of carbonyl (C=O) groups is 1. The molecule has 3 N–H and O–H groups in total. The van der Waals surface area contributed by atoms with E-state index in [0.717, 1.165) is 0 Å². The van der Waals surface area contributed by atoms with Gasteiger partial charge in [-0.1, -0.05) is 0 Å². The molecule has 9 heteroatoms. The number of carboxylic acids is 1. The highest BCUT2D eigenvalue weighted by Crippen LogP contribution is 2.09. The van der Waals surface area contributed by atoms with Gasteiger partial charge in [-0.3, -0.25) is 19.2 Å². The molecule has 0 spiro atoms. The molecule has 0 radical (unpaired) electrons.